The monoisotopic (exact) mass is 237 g/mol. The van der Waals surface area contributed by atoms with E-state index in [0.717, 1.165) is 0 Å². The number of aliphatic hydroxyl groups excluding tert-OH is 1. The second-order valence-electron chi connectivity index (χ2n) is 5.28. The molecule has 5 rings (SSSR count). The summed E-state index contributed by atoms with van der Waals surface area (Å²) in [5.74, 6) is 0.176. The van der Waals surface area contributed by atoms with E-state index in [1.54, 1.807) is 0 Å². The number of hydrogen-bond acceptors (Lipinski definition) is 2. The Morgan fingerprint density at radius 3 is 1.56 bits per heavy atom. The molecule has 3 aliphatic rings. The van der Waals surface area contributed by atoms with Crippen molar-refractivity contribution in [2.24, 2.45) is 5.73 Å². The maximum Gasteiger partial charge on any atom is 0.0809 e. The van der Waals surface area contributed by atoms with Crippen molar-refractivity contribution in [1.82, 2.24) is 0 Å². The minimum absolute atomic E-state index is 0.0393. The molecule has 0 saturated carbocycles. The van der Waals surface area contributed by atoms with Crippen molar-refractivity contribution < 1.29 is 5.11 Å². The molecule has 0 heterocycles. The molecule has 3 N–H and O–H groups in total. The van der Waals surface area contributed by atoms with Gasteiger partial charge in [0.05, 0.1) is 6.10 Å². The van der Waals surface area contributed by atoms with Crippen LogP contribution in [0, 0.1) is 0 Å². The van der Waals surface area contributed by atoms with Crippen molar-refractivity contribution in [3.8, 4) is 0 Å². The van der Waals surface area contributed by atoms with Gasteiger partial charge in [-0.2, -0.15) is 0 Å². The lowest BCUT2D eigenvalue weighted by atomic mass is 9.60. The predicted molar refractivity (Wildman–Crippen MR) is 70.6 cm³/mol. The van der Waals surface area contributed by atoms with Crippen molar-refractivity contribution in [2.45, 2.75) is 24.0 Å². The Hall–Kier alpha value is -1.64. The maximum atomic E-state index is 10.4. The molecule has 2 unspecified atom stereocenters. The van der Waals surface area contributed by atoms with Crippen LogP contribution in [-0.4, -0.2) is 17.3 Å². The van der Waals surface area contributed by atoms with Crippen LogP contribution in [0.1, 0.15) is 34.1 Å². The highest BCUT2D eigenvalue weighted by molar-refractivity contribution is 5.57. The predicted octanol–water partition coefficient (Wildman–Crippen LogP) is 1.97. The van der Waals surface area contributed by atoms with Crippen LogP contribution in [0.3, 0.4) is 0 Å². The maximum absolute atomic E-state index is 10.4. The van der Waals surface area contributed by atoms with E-state index in [9.17, 15) is 5.11 Å². The van der Waals surface area contributed by atoms with Gasteiger partial charge in [0.15, 0.2) is 0 Å². The first-order valence-electron chi connectivity index (χ1n) is 6.40. The van der Waals surface area contributed by atoms with E-state index in [2.05, 4.69) is 36.4 Å². The average Bonchev–Trinajstić information content (AvgIpc) is 2.42. The summed E-state index contributed by atoms with van der Waals surface area (Å²) in [5.41, 5.74) is 11.3. The highest BCUT2D eigenvalue weighted by atomic mass is 16.3. The number of nitrogens with two attached hydrogens (primary N) is 1. The van der Waals surface area contributed by atoms with E-state index in [1.807, 2.05) is 12.1 Å². The molecular formula is C16H15NO. The van der Waals surface area contributed by atoms with Crippen LogP contribution in [-0.2, 0) is 0 Å². The molecule has 0 amide bonds. The van der Waals surface area contributed by atoms with Gasteiger partial charge in [-0.05, 0) is 22.3 Å². The second-order valence-corrected chi connectivity index (χ2v) is 5.28. The van der Waals surface area contributed by atoms with Crippen LogP contribution in [0.4, 0.5) is 0 Å². The van der Waals surface area contributed by atoms with Crippen molar-refractivity contribution in [1.29, 1.82) is 0 Å². The van der Waals surface area contributed by atoms with Crippen LogP contribution in [0.2, 0.25) is 0 Å². The van der Waals surface area contributed by atoms with Crippen LogP contribution >= 0.6 is 0 Å². The largest absolute Gasteiger partial charge is 0.390 e. The molecule has 2 aromatic carbocycles. The molecular weight excluding hydrogens is 222 g/mol. The van der Waals surface area contributed by atoms with Gasteiger partial charge in [0, 0.05) is 17.9 Å². The molecule has 2 nitrogen and oxygen atoms in total. The van der Waals surface area contributed by atoms with Crippen LogP contribution in [0.25, 0.3) is 0 Å². The Kier molecular flexibility index (Phi) is 1.97. The lowest BCUT2D eigenvalue weighted by Gasteiger charge is -2.47. The van der Waals surface area contributed by atoms with Gasteiger partial charge in [-0.15, -0.1) is 0 Å². The van der Waals surface area contributed by atoms with Crippen molar-refractivity contribution in [3.05, 3.63) is 70.8 Å². The topological polar surface area (TPSA) is 46.2 Å². The zero-order valence-electron chi connectivity index (χ0n) is 9.95. The van der Waals surface area contributed by atoms with Crippen LogP contribution in [0.5, 0.6) is 0 Å². The third-order valence-electron chi connectivity index (χ3n) is 4.45. The van der Waals surface area contributed by atoms with Gasteiger partial charge < -0.3 is 10.8 Å². The van der Waals surface area contributed by atoms with Gasteiger partial charge >= 0.3 is 0 Å². The van der Waals surface area contributed by atoms with E-state index >= 15 is 0 Å². The Balaban J connectivity index is 2.06. The van der Waals surface area contributed by atoms with Gasteiger partial charge in [-0.3, -0.25) is 0 Å². The normalized spacial score (nSPS) is 31.9. The first kappa shape index (κ1) is 10.3. The van der Waals surface area contributed by atoms with Crippen molar-refractivity contribution >= 4 is 0 Å². The van der Waals surface area contributed by atoms with E-state index in [1.165, 1.54) is 22.3 Å². The quantitative estimate of drug-likeness (QED) is 0.736. The molecule has 2 aromatic rings. The first-order chi connectivity index (χ1) is 8.79. The number of hydrogen-bond donors (Lipinski definition) is 2. The van der Waals surface area contributed by atoms with Crippen molar-refractivity contribution in [2.75, 3.05) is 0 Å². The lowest BCUT2D eigenvalue weighted by Crippen LogP contribution is -2.51. The Morgan fingerprint density at radius 1 is 0.722 bits per heavy atom. The molecule has 2 atom stereocenters. The fourth-order valence-corrected chi connectivity index (χ4v) is 3.69. The number of rotatable bonds is 0. The van der Waals surface area contributed by atoms with Crippen LogP contribution < -0.4 is 5.73 Å². The zero-order chi connectivity index (χ0) is 12.3. The van der Waals surface area contributed by atoms with E-state index in [0.29, 0.717) is 0 Å². The van der Waals surface area contributed by atoms with Gasteiger partial charge in [-0.25, -0.2) is 0 Å². The Bertz CT molecular complexity index is 520. The van der Waals surface area contributed by atoms with E-state index in [4.69, 9.17) is 5.73 Å². The molecule has 0 radical (unpaired) electrons. The summed E-state index contributed by atoms with van der Waals surface area (Å²) < 4.78 is 0. The van der Waals surface area contributed by atoms with Crippen molar-refractivity contribution in [3.63, 3.8) is 0 Å². The summed E-state index contributed by atoms with van der Waals surface area (Å²) in [6.07, 6.45) is -0.472. The van der Waals surface area contributed by atoms with E-state index < -0.39 is 6.10 Å². The fraction of sp³-hybridized carbons (Fsp3) is 0.250. The third-order valence-corrected chi connectivity index (χ3v) is 4.45. The molecule has 0 aliphatic heterocycles. The summed E-state index contributed by atoms with van der Waals surface area (Å²) in [6.45, 7) is 0. The highest BCUT2D eigenvalue weighted by Crippen LogP contribution is 2.51. The summed E-state index contributed by atoms with van der Waals surface area (Å²) in [7, 11) is 0. The zero-order valence-corrected chi connectivity index (χ0v) is 9.95. The molecule has 3 aliphatic carbocycles. The molecule has 90 valence electrons. The highest BCUT2D eigenvalue weighted by Gasteiger charge is 2.47. The summed E-state index contributed by atoms with van der Waals surface area (Å²) in [5, 5.41) is 10.4. The summed E-state index contributed by atoms with van der Waals surface area (Å²) in [4.78, 5) is 0. The molecule has 0 fully saturated rings. The molecule has 2 heteroatoms. The minimum Gasteiger partial charge on any atom is -0.390 e. The smallest absolute Gasteiger partial charge is 0.0809 e. The number of aliphatic hydroxyl groups is 1. The molecule has 0 spiro atoms. The average molecular weight is 237 g/mol. The summed E-state index contributed by atoms with van der Waals surface area (Å²) >= 11 is 0. The van der Waals surface area contributed by atoms with Gasteiger partial charge in [0.2, 0.25) is 0 Å². The number of fused-ring (bicyclic) bond motifs is 1. The molecule has 0 aromatic heterocycles. The molecule has 18 heavy (non-hydrogen) atoms. The standard InChI is InChI=1S/C16H15NO/c17-15-13-9-5-1-3-7-11(9)14(16(15)18)12-8-4-2-6-10(12)13/h1-8,13-16,18H,17H2. The first-order valence-corrected chi connectivity index (χ1v) is 6.40. The lowest BCUT2D eigenvalue weighted by molar-refractivity contribution is 0.102. The second kappa shape index (κ2) is 3.44. The van der Waals surface area contributed by atoms with Crippen LogP contribution in [0.15, 0.2) is 48.5 Å². The van der Waals surface area contributed by atoms with E-state index in [-0.39, 0.29) is 17.9 Å². The third kappa shape index (κ3) is 1.10. The van der Waals surface area contributed by atoms with Gasteiger partial charge in [0.1, 0.15) is 0 Å². The Labute approximate surface area is 106 Å². The Morgan fingerprint density at radius 2 is 1.11 bits per heavy atom. The minimum atomic E-state index is -0.472. The fourth-order valence-electron chi connectivity index (χ4n) is 3.69. The molecule has 2 bridgehead atoms. The van der Waals surface area contributed by atoms with Gasteiger partial charge in [-0.1, -0.05) is 48.5 Å². The molecule has 0 saturated heterocycles. The van der Waals surface area contributed by atoms with Gasteiger partial charge in [0.25, 0.3) is 0 Å². The SMILES string of the molecule is NC1C2c3ccccc3C(c3ccccc32)C1O. The summed E-state index contributed by atoms with van der Waals surface area (Å²) in [6, 6.07) is 16.5. The number of benzene rings is 2.